The third-order valence-corrected chi connectivity index (χ3v) is 2.91. The zero-order chi connectivity index (χ0) is 13.0. The van der Waals surface area contributed by atoms with Crippen LogP contribution in [0.2, 0.25) is 0 Å². The van der Waals surface area contributed by atoms with E-state index in [4.69, 9.17) is 4.74 Å². The minimum atomic E-state index is 0.00436. The van der Waals surface area contributed by atoms with E-state index >= 15 is 0 Å². The molecule has 0 N–H and O–H groups in total. The lowest BCUT2D eigenvalue weighted by Gasteiger charge is -2.06. The van der Waals surface area contributed by atoms with Gasteiger partial charge in [-0.3, -0.25) is 4.79 Å². The molecule has 1 heterocycles. The number of rotatable bonds is 4. The molecule has 0 saturated carbocycles. The average Bonchev–Trinajstić information content (AvgIpc) is 2.37. The van der Waals surface area contributed by atoms with E-state index in [9.17, 15) is 4.79 Å². The molecule has 3 nitrogen and oxygen atoms in total. The van der Waals surface area contributed by atoms with E-state index < -0.39 is 0 Å². The number of Topliss-reactive ketones (excluding diaryl/α,β-unsaturated/α-hetero) is 1. The van der Waals surface area contributed by atoms with Crippen molar-refractivity contribution >= 4 is 21.7 Å². The first-order valence-corrected chi connectivity index (χ1v) is 6.28. The highest BCUT2D eigenvalue weighted by Crippen LogP contribution is 2.15. The molecule has 4 heteroatoms. The lowest BCUT2D eigenvalue weighted by atomic mass is 10.2. The molecule has 0 saturated heterocycles. The van der Waals surface area contributed by atoms with Crippen LogP contribution < -0.4 is 4.74 Å². The van der Waals surface area contributed by atoms with Gasteiger partial charge in [0.25, 0.3) is 0 Å². The maximum absolute atomic E-state index is 11.2. The summed E-state index contributed by atoms with van der Waals surface area (Å²) >= 11 is 3.40. The number of carbonyl (C=O) groups is 1. The van der Waals surface area contributed by atoms with Crippen LogP contribution in [0, 0.1) is 0 Å². The number of hydrogen-bond donors (Lipinski definition) is 0. The molecule has 0 fully saturated rings. The van der Waals surface area contributed by atoms with E-state index in [1.165, 1.54) is 6.92 Å². The molecule has 92 valence electrons. The standard InChI is InChI=1S/C14H12BrNO2/c1-10(17)12-5-6-16-14(8-12)18-9-11-3-2-4-13(15)7-11/h2-8H,9H2,1H3. The van der Waals surface area contributed by atoms with E-state index in [0.29, 0.717) is 18.1 Å². The molecule has 0 aliphatic carbocycles. The van der Waals surface area contributed by atoms with Crippen LogP contribution in [0.15, 0.2) is 47.1 Å². The molecule has 0 spiro atoms. The maximum Gasteiger partial charge on any atom is 0.214 e. The molecule has 0 unspecified atom stereocenters. The number of pyridine rings is 1. The maximum atomic E-state index is 11.2. The predicted molar refractivity (Wildman–Crippen MR) is 72.7 cm³/mol. The molecule has 2 rings (SSSR count). The van der Waals surface area contributed by atoms with Crippen molar-refractivity contribution in [2.45, 2.75) is 13.5 Å². The number of nitrogens with zero attached hydrogens (tertiary/aromatic N) is 1. The van der Waals surface area contributed by atoms with Crippen molar-refractivity contribution in [1.82, 2.24) is 4.98 Å². The fourth-order valence-electron chi connectivity index (χ4n) is 1.49. The number of hydrogen-bond acceptors (Lipinski definition) is 3. The second-order valence-corrected chi connectivity index (χ2v) is 4.77. The van der Waals surface area contributed by atoms with Crippen LogP contribution in [-0.4, -0.2) is 10.8 Å². The Hall–Kier alpha value is -1.68. The van der Waals surface area contributed by atoms with Crippen molar-refractivity contribution in [1.29, 1.82) is 0 Å². The molecular formula is C14H12BrNO2. The lowest BCUT2D eigenvalue weighted by Crippen LogP contribution is -1.99. The Bertz CT molecular complexity index is 569. The Labute approximate surface area is 114 Å². The topological polar surface area (TPSA) is 39.2 Å². The Balaban J connectivity index is 2.06. The first kappa shape index (κ1) is 12.8. The van der Waals surface area contributed by atoms with Gasteiger partial charge in [-0.15, -0.1) is 0 Å². The molecule has 2 aromatic rings. The number of halogens is 1. The number of ether oxygens (including phenoxy) is 1. The van der Waals surface area contributed by atoms with Crippen LogP contribution in [0.5, 0.6) is 5.88 Å². The van der Waals surface area contributed by atoms with Crippen LogP contribution in [-0.2, 0) is 6.61 Å². The van der Waals surface area contributed by atoms with Gasteiger partial charge in [0, 0.05) is 22.3 Å². The molecule has 0 aliphatic rings. The number of benzene rings is 1. The van der Waals surface area contributed by atoms with Gasteiger partial charge in [0.2, 0.25) is 5.88 Å². The summed E-state index contributed by atoms with van der Waals surface area (Å²) in [4.78, 5) is 15.3. The van der Waals surface area contributed by atoms with Gasteiger partial charge in [0.05, 0.1) is 0 Å². The lowest BCUT2D eigenvalue weighted by molar-refractivity contribution is 0.101. The van der Waals surface area contributed by atoms with Gasteiger partial charge >= 0.3 is 0 Å². The highest BCUT2D eigenvalue weighted by atomic mass is 79.9. The molecule has 0 bridgehead atoms. The third kappa shape index (κ3) is 3.40. The highest BCUT2D eigenvalue weighted by molar-refractivity contribution is 9.10. The van der Waals surface area contributed by atoms with Crippen molar-refractivity contribution in [3.63, 3.8) is 0 Å². The van der Waals surface area contributed by atoms with Gasteiger partial charge in [-0.05, 0) is 30.7 Å². The minimum Gasteiger partial charge on any atom is -0.473 e. The molecule has 1 aromatic carbocycles. The highest BCUT2D eigenvalue weighted by Gasteiger charge is 2.03. The Kier molecular flexibility index (Phi) is 4.10. The first-order chi connectivity index (χ1) is 8.65. The summed E-state index contributed by atoms with van der Waals surface area (Å²) in [6, 6.07) is 11.2. The van der Waals surface area contributed by atoms with Crippen molar-refractivity contribution in [3.8, 4) is 5.88 Å². The smallest absolute Gasteiger partial charge is 0.214 e. The number of aromatic nitrogens is 1. The van der Waals surface area contributed by atoms with Crippen LogP contribution in [0.3, 0.4) is 0 Å². The second kappa shape index (κ2) is 5.78. The van der Waals surface area contributed by atoms with Gasteiger partial charge in [-0.25, -0.2) is 4.98 Å². The minimum absolute atomic E-state index is 0.00436. The Morgan fingerprint density at radius 1 is 1.33 bits per heavy atom. The SMILES string of the molecule is CC(=O)c1ccnc(OCc2cccc(Br)c2)c1. The van der Waals surface area contributed by atoms with Crippen LogP contribution in [0.4, 0.5) is 0 Å². The molecule has 18 heavy (non-hydrogen) atoms. The molecular weight excluding hydrogens is 294 g/mol. The molecule has 0 amide bonds. The summed E-state index contributed by atoms with van der Waals surface area (Å²) in [5, 5.41) is 0. The average molecular weight is 306 g/mol. The van der Waals surface area contributed by atoms with Crippen LogP contribution in [0.25, 0.3) is 0 Å². The predicted octanol–water partition coefficient (Wildman–Crippen LogP) is 3.63. The fourth-order valence-corrected chi connectivity index (χ4v) is 1.94. The van der Waals surface area contributed by atoms with E-state index in [0.717, 1.165) is 10.0 Å². The summed E-state index contributed by atoms with van der Waals surface area (Å²) in [5.41, 5.74) is 1.65. The number of carbonyl (C=O) groups excluding carboxylic acids is 1. The van der Waals surface area contributed by atoms with E-state index in [2.05, 4.69) is 20.9 Å². The molecule has 0 atom stereocenters. The zero-order valence-electron chi connectivity index (χ0n) is 9.89. The summed E-state index contributed by atoms with van der Waals surface area (Å²) in [6.07, 6.45) is 1.58. The van der Waals surface area contributed by atoms with Gasteiger partial charge in [0.15, 0.2) is 5.78 Å². The molecule has 0 aliphatic heterocycles. The number of ketones is 1. The zero-order valence-corrected chi connectivity index (χ0v) is 11.5. The van der Waals surface area contributed by atoms with Crippen molar-refractivity contribution in [2.24, 2.45) is 0 Å². The normalized spacial score (nSPS) is 10.1. The summed E-state index contributed by atoms with van der Waals surface area (Å²) in [7, 11) is 0. The summed E-state index contributed by atoms with van der Waals surface area (Å²) < 4.78 is 6.56. The van der Waals surface area contributed by atoms with Gasteiger partial charge in [-0.1, -0.05) is 28.1 Å². The Morgan fingerprint density at radius 2 is 2.17 bits per heavy atom. The van der Waals surface area contributed by atoms with Crippen molar-refractivity contribution < 1.29 is 9.53 Å². The van der Waals surface area contributed by atoms with E-state index in [-0.39, 0.29) is 5.78 Å². The quantitative estimate of drug-likeness (QED) is 0.810. The van der Waals surface area contributed by atoms with E-state index in [1.54, 1.807) is 18.3 Å². The van der Waals surface area contributed by atoms with Crippen molar-refractivity contribution in [2.75, 3.05) is 0 Å². The van der Waals surface area contributed by atoms with Crippen LogP contribution in [0.1, 0.15) is 22.8 Å². The monoisotopic (exact) mass is 305 g/mol. The largest absolute Gasteiger partial charge is 0.473 e. The van der Waals surface area contributed by atoms with E-state index in [1.807, 2.05) is 24.3 Å². The summed E-state index contributed by atoms with van der Waals surface area (Å²) in [5.74, 6) is 0.465. The summed E-state index contributed by atoms with van der Waals surface area (Å²) in [6.45, 7) is 1.95. The van der Waals surface area contributed by atoms with Crippen LogP contribution >= 0.6 is 15.9 Å². The fraction of sp³-hybridized carbons (Fsp3) is 0.143. The molecule has 1 aromatic heterocycles. The third-order valence-electron chi connectivity index (χ3n) is 2.42. The van der Waals surface area contributed by atoms with Gasteiger partial charge < -0.3 is 4.74 Å². The van der Waals surface area contributed by atoms with Crippen molar-refractivity contribution in [3.05, 3.63) is 58.2 Å². The molecule has 0 radical (unpaired) electrons. The second-order valence-electron chi connectivity index (χ2n) is 3.86. The Morgan fingerprint density at radius 3 is 2.89 bits per heavy atom. The first-order valence-electron chi connectivity index (χ1n) is 5.49. The van der Waals surface area contributed by atoms with Gasteiger partial charge in [-0.2, -0.15) is 0 Å². The van der Waals surface area contributed by atoms with Gasteiger partial charge in [0.1, 0.15) is 6.61 Å².